The van der Waals surface area contributed by atoms with Crippen molar-refractivity contribution in [3.8, 4) is 0 Å². The van der Waals surface area contributed by atoms with Crippen molar-refractivity contribution in [1.29, 1.82) is 0 Å². The van der Waals surface area contributed by atoms with E-state index in [4.69, 9.17) is 8.83 Å². The molecule has 0 aliphatic carbocycles. The molecule has 0 aliphatic rings. The Balaban J connectivity index is 1.07. The summed E-state index contributed by atoms with van der Waals surface area (Å²) < 4.78 is 10.7. The van der Waals surface area contributed by atoms with Gasteiger partial charge < -0.3 is 30.1 Å². The molecular weight excluding hydrogens is 665 g/mol. The number of hydrogen-bond donors (Lipinski definition) is 4. The zero-order valence-corrected chi connectivity index (χ0v) is 27.7. The Kier molecular flexibility index (Phi) is 11.0. The number of anilines is 2. The van der Waals surface area contributed by atoms with Gasteiger partial charge in [0.1, 0.15) is 22.9 Å². The molecule has 4 amide bonds. The van der Waals surface area contributed by atoms with Crippen LogP contribution in [0.5, 0.6) is 0 Å². The molecular formula is C40H30N4O6S. The molecule has 0 unspecified atom stereocenters. The van der Waals surface area contributed by atoms with E-state index in [1.807, 2.05) is 24.3 Å². The van der Waals surface area contributed by atoms with Gasteiger partial charge in [0.2, 0.25) is 0 Å². The highest BCUT2D eigenvalue weighted by Crippen LogP contribution is 2.30. The van der Waals surface area contributed by atoms with Gasteiger partial charge in [-0.3, -0.25) is 19.2 Å². The van der Waals surface area contributed by atoms with Crippen LogP contribution in [0.1, 0.15) is 32.2 Å². The summed E-state index contributed by atoms with van der Waals surface area (Å²) in [7, 11) is 0. The van der Waals surface area contributed by atoms with E-state index in [9.17, 15) is 19.2 Å². The van der Waals surface area contributed by atoms with Gasteiger partial charge in [-0.15, -0.1) is 0 Å². The molecule has 0 saturated carbocycles. The quantitative estimate of drug-likeness (QED) is 0.0956. The Morgan fingerprint density at radius 1 is 0.471 bits per heavy atom. The summed E-state index contributed by atoms with van der Waals surface area (Å²) >= 11 is 1.49. The Labute approximate surface area is 297 Å². The van der Waals surface area contributed by atoms with Crippen molar-refractivity contribution >= 4 is 58.9 Å². The molecule has 0 aliphatic heterocycles. The highest BCUT2D eigenvalue weighted by atomic mass is 32.2. The number of furan rings is 2. The topological polar surface area (TPSA) is 143 Å². The molecule has 252 valence electrons. The van der Waals surface area contributed by atoms with Crippen molar-refractivity contribution in [2.45, 2.75) is 9.79 Å². The monoisotopic (exact) mass is 694 g/mol. The van der Waals surface area contributed by atoms with E-state index < -0.39 is 23.6 Å². The smallest absolute Gasteiger partial charge is 0.272 e. The maximum atomic E-state index is 13.2. The lowest BCUT2D eigenvalue weighted by molar-refractivity contribution is -0.113. The van der Waals surface area contributed by atoms with E-state index in [1.165, 1.54) is 36.4 Å². The molecule has 2 aromatic heterocycles. The summed E-state index contributed by atoms with van der Waals surface area (Å²) in [5, 5.41) is 11.0. The third-order valence-corrected chi connectivity index (χ3v) is 8.19. The summed E-state index contributed by atoms with van der Waals surface area (Å²) in [6, 6.07) is 38.4. The maximum Gasteiger partial charge on any atom is 0.272 e. The summed E-state index contributed by atoms with van der Waals surface area (Å²) in [5.74, 6) is -1.08. The lowest BCUT2D eigenvalue weighted by Crippen LogP contribution is -2.30. The van der Waals surface area contributed by atoms with Crippen molar-refractivity contribution in [2.24, 2.45) is 0 Å². The fraction of sp³-hybridized carbons (Fsp3) is 0. The zero-order valence-electron chi connectivity index (χ0n) is 26.9. The van der Waals surface area contributed by atoms with Gasteiger partial charge in [-0.05, 0) is 97.1 Å². The second-order valence-electron chi connectivity index (χ2n) is 10.8. The number of nitrogens with one attached hydrogen (secondary N) is 4. The third-order valence-electron chi connectivity index (χ3n) is 7.18. The van der Waals surface area contributed by atoms with E-state index >= 15 is 0 Å². The second-order valence-corrected chi connectivity index (χ2v) is 12.0. The number of amides is 4. The summed E-state index contributed by atoms with van der Waals surface area (Å²) in [6.07, 6.45) is 5.88. The third kappa shape index (κ3) is 9.62. The highest BCUT2D eigenvalue weighted by molar-refractivity contribution is 7.99. The normalized spacial score (nSPS) is 11.4. The summed E-state index contributed by atoms with van der Waals surface area (Å²) in [6.45, 7) is 0. The van der Waals surface area contributed by atoms with Crippen LogP contribution in [0.2, 0.25) is 0 Å². The lowest BCUT2D eigenvalue weighted by Gasteiger charge is -2.12. The van der Waals surface area contributed by atoms with Crippen LogP contribution >= 0.6 is 11.8 Å². The minimum Gasteiger partial charge on any atom is -0.465 e. The van der Waals surface area contributed by atoms with E-state index in [2.05, 4.69) is 21.3 Å². The Morgan fingerprint density at radius 2 is 0.863 bits per heavy atom. The molecule has 0 spiro atoms. The van der Waals surface area contributed by atoms with Crippen molar-refractivity contribution < 1.29 is 28.0 Å². The van der Waals surface area contributed by atoms with Gasteiger partial charge in [0.25, 0.3) is 23.6 Å². The van der Waals surface area contributed by atoms with E-state index in [0.29, 0.717) is 34.0 Å². The van der Waals surface area contributed by atoms with Gasteiger partial charge in [0.15, 0.2) is 0 Å². The molecule has 0 bridgehead atoms. The Morgan fingerprint density at radius 3 is 1.22 bits per heavy atom. The van der Waals surface area contributed by atoms with Crippen LogP contribution < -0.4 is 21.3 Å². The maximum absolute atomic E-state index is 13.2. The molecule has 4 N–H and O–H groups in total. The van der Waals surface area contributed by atoms with Gasteiger partial charge in [-0.1, -0.05) is 48.2 Å². The molecule has 4 aromatic carbocycles. The second kappa shape index (κ2) is 16.5. The first-order valence-corrected chi connectivity index (χ1v) is 16.5. The molecule has 51 heavy (non-hydrogen) atoms. The van der Waals surface area contributed by atoms with Crippen LogP contribution in [0.15, 0.2) is 176 Å². The van der Waals surface area contributed by atoms with Crippen LogP contribution in [-0.4, -0.2) is 23.6 Å². The first kappa shape index (κ1) is 34.0. The minimum atomic E-state index is -0.518. The fourth-order valence-electron chi connectivity index (χ4n) is 4.66. The summed E-state index contributed by atoms with van der Waals surface area (Å²) in [4.78, 5) is 53.9. The van der Waals surface area contributed by atoms with Crippen LogP contribution in [0.4, 0.5) is 11.4 Å². The number of benzene rings is 4. The average molecular weight is 695 g/mol. The molecule has 11 heteroatoms. The van der Waals surface area contributed by atoms with Crippen molar-refractivity contribution in [3.63, 3.8) is 0 Å². The van der Waals surface area contributed by atoms with Crippen LogP contribution in [0, 0.1) is 0 Å². The first-order valence-electron chi connectivity index (χ1n) is 15.6. The molecule has 2 heterocycles. The van der Waals surface area contributed by atoms with Gasteiger partial charge in [-0.2, -0.15) is 0 Å². The fourth-order valence-corrected chi connectivity index (χ4v) is 5.48. The Bertz CT molecular complexity index is 2000. The molecule has 0 radical (unpaired) electrons. The van der Waals surface area contributed by atoms with Crippen LogP contribution in [0.3, 0.4) is 0 Å². The van der Waals surface area contributed by atoms with E-state index in [1.54, 1.807) is 109 Å². The Hall–Kier alpha value is -6.85. The predicted molar refractivity (Wildman–Crippen MR) is 195 cm³/mol. The minimum absolute atomic E-state index is 0.0200. The van der Waals surface area contributed by atoms with Gasteiger partial charge in [-0.25, -0.2) is 0 Å². The molecule has 10 nitrogen and oxygen atoms in total. The predicted octanol–water partition coefficient (Wildman–Crippen LogP) is 7.84. The SMILES string of the molecule is O=C(Nc1ccc(Sc2ccc(NC(=O)/C(=C\c3ccco3)NC(=O)c3ccccc3)cc2)cc1)/C(=C/c1ccco1)NC(=O)c1ccccc1. The number of rotatable bonds is 12. The average Bonchev–Trinajstić information content (AvgIpc) is 3.88. The molecule has 0 fully saturated rings. The number of hydrogen-bond acceptors (Lipinski definition) is 7. The molecule has 0 atom stereocenters. The molecule has 6 aromatic rings. The van der Waals surface area contributed by atoms with E-state index in [0.717, 1.165) is 9.79 Å². The largest absolute Gasteiger partial charge is 0.465 e. The van der Waals surface area contributed by atoms with Gasteiger partial charge >= 0.3 is 0 Å². The standard InChI is InChI=1S/C40H30N4O6S/c45-37(27-9-3-1-4-10-27)43-35(25-31-13-7-23-49-31)39(47)41-29-15-19-33(20-16-29)51-34-21-17-30(18-22-34)42-40(48)36(26-32-14-8-24-50-32)44-38(46)28-11-5-2-6-12-28/h1-26H,(H,41,47)(H,42,48)(H,43,45)(H,44,46)/b35-25-,36-26+. The number of carbonyl (C=O) groups excluding carboxylic acids is 4. The van der Waals surface area contributed by atoms with Gasteiger partial charge in [0.05, 0.1) is 12.5 Å². The van der Waals surface area contributed by atoms with E-state index in [-0.39, 0.29) is 11.4 Å². The van der Waals surface area contributed by atoms with Gasteiger partial charge in [0, 0.05) is 44.4 Å². The zero-order chi connectivity index (χ0) is 35.4. The first-order chi connectivity index (χ1) is 24.9. The lowest BCUT2D eigenvalue weighted by atomic mass is 10.2. The van der Waals surface area contributed by atoms with Crippen molar-refractivity contribution in [1.82, 2.24) is 10.6 Å². The molecule has 6 rings (SSSR count). The summed E-state index contributed by atoms with van der Waals surface area (Å²) in [5.41, 5.74) is 1.91. The van der Waals surface area contributed by atoms with Crippen LogP contribution in [-0.2, 0) is 9.59 Å². The molecule has 0 saturated heterocycles. The highest BCUT2D eigenvalue weighted by Gasteiger charge is 2.17. The van der Waals surface area contributed by atoms with Crippen LogP contribution in [0.25, 0.3) is 12.2 Å². The van der Waals surface area contributed by atoms with Crippen molar-refractivity contribution in [2.75, 3.05) is 10.6 Å². The van der Waals surface area contributed by atoms with Crippen molar-refractivity contribution in [3.05, 3.63) is 180 Å². The number of carbonyl (C=O) groups is 4.